The molecule has 105 heavy (non-hydrogen) atoms. The number of hydrogen-bond donors (Lipinski definition) is 5. The summed E-state index contributed by atoms with van der Waals surface area (Å²) in [6.07, 6.45) is 0.531. The van der Waals surface area contributed by atoms with Crippen molar-refractivity contribution in [1.82, 2.24) is 14.1 Å². The lowest BCUT2D eigenvalue weighted by atomic mass is 10.00. The quantitative estimate of drug-likeness (QED) is 0.0265. The van der Waals surface area contributed by atoms with Crippen molar-refractivity contribution >= 4 is 277 Å². The molecule has 0 unspecified atom stereocenters. The van der Waals surface area contributed by atoms with E-state index in [0.717, 1.165) is 39.1 Å². The maximum atomic E-state index is 12.7. The van der Waals surface area contributed by atoms with Crippen molar-refractivity contribution in [3.63, 3.8) is 0 Å². The number of para-hydroxylation sites is 3. The van der Waals surface area contributed by atoms with Crippen LogP contribution in [0.2, 0.25) is 25.1 Å². The SMILES string of the molecule is CCOC(=O)CBr.CCOC(=O)Cn1c2ccccc2c(=O)c2ccc(Cl)c(Br)c21.Nc1cccc(Cl)c1Br.O=C(O)Cn1c2ccccc2c(=O)c2ccc(Cl)c(Br)c21.O=C(O)c1ccccc1Cc1cccc(Cl)c1Br.O=C(O)c1ccccc1I.O=c1c2ccccc2[nH]c2c(Br)c(Cl)ccc12. The number of carbonyl (C=O) groups excluding carboxylic acids is 2. The van der Waals surface area contributed by atoms with Gasteiger partial charge in [0.2, 0.25) is 0 Å². The summed E-state index contributed by atoms with van der Waals surface area (Å²) in [5.74, 6) is -3.34. The minimum Gasteiger partial charge on any atom is -0.480 e. The van der Waals surface area contributed by atoms with Crippen LogP contribution >= 0.6 is 176 Å². The third-order valence-corrected chi connectivity index (χ3v) is 23.2. The molecule has 10 aromatic carbocycles. The van der Waals surface area contributed by atoms with Gasteiger partial charge in [0.25, 0.3) is 0 Å². The molecule has 542 valence electrons. The van der Waals surface area contributed by atoms with Crippen LogP contribution in [0.15, 0.2) is 231 Å². The number of carbonyl (C=O) groups is 5. The molecule has 0 saturated heterocycles. The first kappa shape index (κ1) is 85.1. The largest absolute Gasteiger partial charge is 0.480 e. The minimum absolute atomic E-state index is 0.00404. The molecule has 0 aliphatic rings. The number of nitrogen functional groups attached to an aromatic ring is 1. The summed E-state index contributed by atoms with van der Waals surface area (Å²) in [6.45, 7) is 4.05. The summed E-state index contributed by atoms with van der Waals surface area (Å²) in [5.41, 5.74) is 12.3. The lowest BCUT2D eigenvalue weighted by molar-refractivity contribution is -0.143. The topological polar surface area (TPSA) is 267 Å². The van der Waals surface area contributed by atoms with Gasteiger partial charge in [-0.2, -0.15) is 0 Å². The van der Waals surface area contributed by atoms with Crippen LogP contribution in [0.25, 0.3) is 65.4 Å². The molecule has 13 aromatic rings. The van der Waals surface area contributed by atoms with Gasteiger partial charge >= 0.3 is 29.8 Å². The number of fused-ring (bicyclic) bond motifs is 6. The predicted octanol–water partition coefficient (Wildman–Crippen LogP) is 21.9. The highest BCUT2D eigenvalue weighted by Crippen LogP contribution is 2.35. The van der Waals surface area contributed by atoms with Crippen molar-refractivity contribution < 1.29 is 48.8 Å². The van der Waals surface area contributed by atoms with Crippen LogP contribution in [0.3, 0.4) is 0 Å². The van der Waals surface area contributed by atoms with Crippen LogP contribution in [-0.4, -0.2) is 77.8 Å². The molecule has 0 saturated carbocycles. The number of nitrogens with one attached hydrogen (secondary N) is 1. The molecule has 0 aliphatic carbocycles. The highest BCUT2D eigenvalue weighted by atomic mass is 127. The Bertz CT molecular complexity index is 5620. The smallest absolute Gasteiger partial charge is 0.336 e. The lowest BCUT2D eigenvalue weighted by Gasteiger charge is -2.16. The maximum Gasteiger partial charge on any atom is 0.336 e. The number of nitrogens with two attached hydrogens (primary N) is 1. The summed E-state index contributed by atoms with van der Waals surface area (Å²) in [4.78, 5) is 95.7. The van der Waals surface area contributed by atoms with E-state index in [1.165, 1.54) is 0 Å². The van der Waals surface area contributed by atoms with Gasteiger partial charge < -0.3 is 44.6 Å². The Morgan fingerprint density at radius 2 is 0.867 bits per heavy atom. The Labute approximate surface area is 688 Å². The molecule has 0 atom stereocenters. The van der Waals surface area contributed by atoms with Gasteiger partial charge in [-0.15, -0.1) is 0 Å². The molecule has 0 spiro atoms. The number of aliphatic carboxylic acids is 1. The third kappa shape index (κ3) is 22.0. The number of aromatic carboxylic acids is 2. The number of esters is 2. The average molecular weight is 2020 g/mol. The van der Waals surface area contributed by atoms with Gasteiger partial charge in [-0.1, -0.05) is 159 Å². The number of rotatable bonds is 11. The van der Waals surface area contributed by atoms with Crippen molar-refractivity contribution in [2.75, 3.05) is 24.3 Å². The van der Waals surface area contributed by atoms with Gasteiger partial charge in [-0.05, 0) is 243 Å². The van der Waals surface area contributed by atoms with Crippen LogP contribution in [0.4, 0.5) is 5.69 Å². The first-order valence-electron chi connectivity index (χ1n) is 30.7. The highest BCUT2D eigenvalue weighted by molar-refractivity contribution is 14.1. The van der Waals surface area contributed by atoms with Gasteiger partial charge in [0.05, 0.1) is 94.9 Å². The fraction of sp³-hybridized carbons (Fsp3) is 0.105. The second-order valence-corrected chi connectivity index (χ2v) is 29.3. The van der Waals surface area contributed by atoms with Crippen LogP contribution in [0, 0.1) is 3.57 Å². The minimum atomic E-state index is -0.989. The monoisotopic (exact) mass is 2010 g/mol. The van der Waals surface area contributed by atoms with E-state index < -0.39 is 17.9 Å². The molecule has 0 fully saturated rings. The van der Waals surface area contributed by atoms with Crippen LogP contribution in [0.1, 0.15) is 45.7 Å². The Morgan fingerprint density at radius 3 is 1.35 bits per heavy atom. The number of hydrogen-bond acceptors (Lipinski definition) is 11. The fourth-order valence-electron chi connectivity index (χ4n) is 10.2. The molecule has 0 bridgehead atoms. The van der Waals surface area contributed by atoms with E-state index in [1.54, 1.807) is 144 Å². The van der Waals surface area contributed by atoms with E-state index in [0.29, 0.717) is 130 Å². The second-order valence-electron chi connectivity index (χ2n) is 21.6. The molecule has 17 nitrogen and oxygen atoms in total. The van der Waals surface area contributed by atoms with Gasteiger partial charge in [-0.3, -0.25) is 28.8 Å². The van der Waals surface area contributed by atoms with Crippen molar-refractivity contribution in [3.8, 4) is 0 Å². The molecule has 13 rings (SSSR count). The summed E-state index contributed by atoms with van der Waals surface area (Å²) < 4.78 is 17.1. The Kier molecular flexibility index (Phi) is 33.0. The van der Waals surface area contributed by atoms with Crippen LogP contribution < -0.4 is 22.0 Å². The number of halogens is 12. The number of pyridine rings is 3. The van der Waals surface area contributed by atoms with E-state index in [1.807, 2.05) is 95.4 Å². The highest BCUT2D eigenvalue weighted by Gasteiger charge is 2.20. The Balaban J connectivity index is 0.000000177. The van der Waals surface area contributed by atoms with Crippen molar-refractivity contribution in [3.05, 3.63) is 298 Å². The summed E-state index contributed by atoms with van der Waals surface area (Å²) in [6, 6.07) is 56.4. The standard InChI is InChI=1S/C17H13BrClNO3.C15H9BrClNO3.C14H10BrClO2.C13H7BrClNO.C7H5IO2.C6H5BrClN.C4H7BrO2/c1-2-23-14(21)9-20-13-6-4-3-5-10(13)17(22)11-7-8-12(19)15(18)16(11)20;16-13-10(17)6-5-9-14(13)18(7-12(19)20)11-4-2-1-3-8(11)15(9)21;15-13-10(5-3-7-12(13)16)8-9-4-1-2-6-11(9)14(17)18;14-11-9(15)6-5-8-12(11)16-10-4-2-1-3-7(10)13(8)17;8-6-4-2-1-3-5(6)7(9)10;7-6-4(8)2-1-3-5(6)9;1-2-7-4(6)3-5/h3-8H,2,9H2,1H3;1-6H,7H2,(H,19,20);1-7H,8H2,(H,17,18);1-6H,(H,16,17);1-4H,(H,9,10);1-3H,9H2;2-3H2,1H3. The number of anilines is 1. The van der Waals surface area contributed by atoms with Crippen LogP contribution in [-0.2, 0) is 43.4 Å². The molecular formula is C76H56Br6Cl5IN4O13. The van der Waals surface area contributed by atoms with Crippen molar-refractivity contribution in [2.45, 2.75) is 33.4 Å². The van der Waals surface area contributed by atoms with E-state index in [2.05, 4.69) is 105 Å². The van der Waals surface area contributed by atoms with Gasteiger partial charge in [-0.25, -0.2) is 9.59 Å². The van der Waals surface area contributed by atoms with Crippen molar-refractivity contribution in [1.29, 1.82) is 0 Å². The zero-order chi connectivity index (χ0) is 76.9. The van der Waals surface area contributed by atoms with E-state index in [4.69, 9.17) is 83.8 Å². The zero-order valence-electron chi connectivity index (χ0n) is 54.6. The number of carboxylic acid groups (broad SMARTS) is 3. The number of alkyl halides is 1. The number of aromatic amines is 1. The molecule has 29 heteroatoms. The molecule has 6 N–H and O–H groups in total. The lowest BCUT2D eigenvalue weighted by Crippen LogP contribution is -2.18. The number of aromatic nitrogens is 3. The summed E-state index contributed by atoms with van der Waals surface area (Å²) in [7, 11) is 0. The number of nitrogens with zero attached hydrogens (tertiary/aromatic N) is 2. The van der Waals surface area contributed by atoms with Crippen LogP contribution in [0.5, 0.6) is 0 Å². The maximum absolute atomic E-state index is 12.7. The zero-order valence-corrected chi connectivity index (χ0v) is 70.1. The number of ether oxygens (including phenoxy) is 2. The van der Waals surface area contributed by atoms with E-state index in [-0.39, 0.29) is 41.3 Å². The number of benzene rings is 10. The van der Waals surface area contributed by atoms with Crippen molar-refractivity contribution in [2.24, 2.45) is 0 Å². The molecule has 0 radical (unpaired) electrons. The summed E-state index contributed by atoms with van der Waals surface area (Å²) >= 11 is 51.8. The van der Waals surface area contributed by atoms with E-state index in [9.17, 15) is 38.4 Å². The Hall–Kier alpha value is -7.18. The Morgan fingerprint density at radius 1 is 0.448 bits per heavy atom. The third-order valence-electron chi connectivity index (χ3n) is 14.9. The average Bonchev–Trinajstić information content (AvgIpc) is 0.758. The summed E-state index contributed by atoms with van der Waals surface area (Å²) in [5, 5.41) is 33.2. The normalized spacial score (nSPS) is 10.5. The number of H-pyrrole nitrogens is 1. The first-order chi connectivity index (χ1) is 50.1. The van der Waals surface area contributed by atoms with Gasteiger partial charge in [0.15, 0.2) is 16.3 Å². The van der Waals surface area contributed by atoms with E-state index >= 15 is 0 Å². The molecule has 0 amide bonds. The molecule has 3 aromatic heterocycles. The number of carboxylic acids is 3. The van der Waals surface area contributed by atoms with Gasteiger partial charge in [0.1, 0.15) is 18.4 Å². The predicted molar refractivity (Wildman–Crippen MR) is 451 cm³/mol. The molecule has 0 aliphatic heterocycles. The molecule has 3 heterocycles. The molecular weight excluding hydrogens is 1960 g/mol. The fourth-order valence-corrected chi connectivity index (χ4v) is 14.0. The second kappa shape index (κ2) is 40.7. The van der Waals surface area contributed by atoms with Gasteiger partial charge in [0, 0.05) is 51.6 Å². The first-order valence-corrected chi connectivity index (χ1v) is 38.8.